The van der Waals surface area contributed by atoms with Crippen LogP contribution in [-0.4, -0.2) is 30.2 Å². The maximum absolute atomic E-state index is 11.4. The Morgan fingerprint density at radius 2 is 2.20 bits per heavy atom. The van der Waals surface area contributed by atoms with Crippen LogP contribution in [0.2, 0.25) is 0 Å². The van der Waals surface area contributed by atoms with Crippen LogP contribution in [0.15, 0.2) is 0 Å². The number of nitrogens with two attached hydrogens (primary N) is 1. The van der Waals surface area contributed by atoms with Gasteiger partial charge < -0.3 is 15.8 Å². The summed E-state index contributed by atoms with van der Waals surface area (Å²) in [4.78, 5) is 11.6. The van der Waals surface area contributed by atoms with Gasteiger partial charge in [0.1, 0.15) is 0 Å². The molecule has 15 heavy (non-hydrogen) atoms. The zero-order valence-electron chi connectivity index (χ0n) is 8.99. The van der Waals surface area contributed by atoms with Crippen molar-refractivity contribution >= 4 is 23.1 Å². The van der Waals surface area contributed by atoms with Crippen molar-refractivity contribution < 1.29 is 9.53 Å². The van der Waals surface area contributed by atoms with Crippen molar-refractivity contribution in [3.05, 3.63) is 0 Å². The summed E-state index contributed by atoms with van der Waals surface area (Å²) >= 11 is 4.68. The summed E-state index contributed by atoms with van der Waals surface area (Å²) in [6.07, 6.45) is 2.16. The predicted molar refractivity (Wildman–Crippen MR) is 62.6 cm³/mol. The van der Waals surface area contributed by atoms with Gasteiger partial charge in [0, 0.05) is 19.3 Å². The molecule has 1 rings (SSSR count). The Balaban J connectivity index is 2.30. The number of carbonyl (C=O) groups is 1. The normalized spacial score (nSPS) is 19.5. The molecule has 4 nitrogen and oxygen atoms in total. The molecule has 5 heteroatoms. The Labute approximate surface area is 95.5 Å². The second-order valence-corrected chi connectivity index (χ2v) is 4.47. The van der Waals surface area contributed by atoms with Gasteiger partial charge in [-0.05, 0) is 25.7 Å². The molecule has 1 amide bonds. The van der Waals surface area contributed by atoms with E-state index in [-0.39, 0.29) is 23.4 Å². The Morgan fingerprint density at radius 1 is 1.60 bits per heavy atom. The number of hydrogen-bond donors (Lipinski definition) is 2. The SMILES string of the molecule is CC(NC(=O)CC(N)=S)C1CCOCC1. The molecule has 0 radical (unpaired) electrons. The van der Waals surface area contributed by atoms with Gasteiger partial charge in [0.15, 0.2) is 0 Å². The Kier molecular flexibility index (Phi) is 4.98. The van der Waals surface area contributed by atoms with Gasteiger partial charge in [-0.15, -0.1) is 0 Å². The first kappa shape index (κ1) is 12.4. The molecule has 0 aromatic carbocycles. The van der Waals surface area contributed by atoms with Crippen molar-refractivity contribution in [3.8, 4) is 0 Å². The van der Waals surface area contributed by atoms with E-state index in [4.69, 9.17) is 10.5 Å². The quantitative estimate of drug-likeness (QED) is 0.694. The number of nitrogens with one attached hydrogen (secondary N) is 1. The van der Waals surface area contributed by atoms with E-state index < -0.39 is 0 Å². The van der Waals surface area contributed by atoms with Gasteiger partial charge >= 0.3 is 0 Å². The summed E-state index contributed by atoms with van der Waals surface area (Å²) in [6, 6.07) is 0.177. The first-order valence-corrected chi connectivity index (χ1v) is 5.66. The third kappa shape index (κ3) is 4.57. The van der Waals surface area contributed by atoms with Crippen LogP contribution in [0, 0.1) is 5.92 Å². The van der Waals surface area contributed by atoms with Crippen molar-refractivity contribution in [2.75, 3.05) is 13.2 Å². The molecule has 0 bridgehead atoms. The summed E-state index contributed by atoms with van der Waals surface area (Å²) in [6.45, 7) is 3.60. The molecule has 0 spiro atoms. The summed E-state index contributed by atoms with van der Waals surface area (Å²) < 4.78 is 5.27. The van der Waals surface area contributed by atoms with E-state index in [1.54, 1.807) is 0 Å². The van der Waals surface area contributed by atoms with Crippen LogP contribution in [0.4, 0.5) is 0 Å². The zero-order chi connectivity index (χ0) is 11.3. The minimum atomic E-state index is -0.0820. The third-order valence-corrected chi connectivity index (χ3v) is 2.84. The van der Waals surface area contributed by atoms with Gasteiger partial charge in [-0.1, -0.05) is 12.2 Å². The Hall–Kier alpha value is -0.680. The molecule has 0 saturated carbocycles. The van der Waals surface area contributed by atoms with Crippen molar-refractivity contribution in [2.24, 2.45) is 11.7 Å². The molecule has 1 heterocycles. The average molecular weight is 230 g/mol. The van der Waals surface area contributed by atoms with Crippen molar-refractivity contribution in [2.45, 2.75) is 32.2 Å². The van der Waals surface area contributed by atoms with Gasteiger partial charge in [-0.3, -0.25) is 4.79 Å². The number of ether oxygens (including phenoxy) is 1. The summed E-state index contributed by atoms with van der Waals surface area (Å²) in [5.41, 5.74) is 5.30. The Bertz CT molecular complexity index is 240. The number of rotatable bonds is 4. The standard InChI is InChI=1S/C10H18N2O2S/c1-7(8-2-4-14-5-3-8)12-10(13)6-9(11)15/h7-8H,2-6H2,1H3,(H2,11,15)(H,12,13). The molecular formula is C10H18N2O2S. The van der Waals surface area contributed by atoms with Gasteiger partial charge in [-0.25, -0.2) is 0 Å². The molecular weight excluding hydrogens is 212 g/mol. The molecule has 86 valence electrons. The number of amides is 1. The summed E-state index contributed by atoms with van der Waals surface area (Å²) in [5.74, 6) is 0.426. The lowest BCUT2D eigenvalue weighted by molar-refractivity contribution is -0.121. The Morgan fingerprint density at radius 3 is 2.73 bits per heavy atom. The van der Waals surface area contributed by atoms with Crippen LogP contribution in [0.1, 0.15) is 26.2 Å². The topological polar surface area (TPSA) is 64.4 Å². The largest absolute Gasteiger partial charge is 0.393 e. The molecule has 0 aliphatic carbocycles. The van der Waals surface area contributed by atoms with E-state index in [0.717, 1.165) is 26.1 Å². The number of hydrogen-bond acceptors (Lipinski definition) is 3. The zero-order valence-corrected chi connectivity index (χ0v) is 9.81. The fourth-order valence-electron chi connectivity index (χ4n) is 1.80. The molecule has 1 aliphatic heterocycles. The second-order valence-electron chi connectivity index (χ2n) is 3.95. The summed E-state index contributed by atoms with van der Waals surface area (Å²) in [5, 5.41) is 2.92. The van der Waals surface area contributed by atoms with Crippen molar-refractivity contribution in [1.29, 1.82) is 0 Å². The smallest absolute Gasteiger partial charge is 0.227 e. The van der Waals surface area contributed by atoms with Crippen LogP contribution >= 0.6 is 12.2 Å². The second kappa shape index (κ2) is 6.02. The molecule has 3 N–H and O–H groups in total. The van der Waals surface area contributed by atoms with Gasteiger partial charge in [-0.2, -0.15) is 0 Å². The molecule has 0 aromatic rings. The monoisotopic (exact) mass is 230 g/mol. The minimum absolute atomic E-state index is 0.0820. The first-order valence-electron chi connectivity index (χ1n) is 5.25. The fourth-order valence-corrected chi connectivity index (χ4v) is 1.93. The maximum atomic E-state index is 11.4. The van der Waals surface area contributed by atoms with E-state index >= 15 is 0 Å². The summed E-state index contributed by atoms with van der Waals surface area (Å²) in [7, 11) is 0. The molecule has 1 saturated heterocycles. The predicted octanol–water partition coefficient (Wildman–Crippen LogP) is 0.594. The number of thiocarbonyl (C=S) groups is 1. The van der Waals surface area contributed by atoms with E-state index in [1.807, 2.05) is 6.92 Å². The average Bonchev–Trinajstić information content (AvgIpc) is 2.17. The molecule has 1 fully saturated rings. The lowest BCUT2D eigenvalue weighted by Gasteiger charge is -2.28. The highest BCUT2D eigenvalue weighted by atomic mass is 32.1. The van der Waals surface area contributed by atoms with Crippen LogP contribution in [0.25, 0.3) is 0 Å². The van der Waals surface area contributed by atoms with Crippen molar-refractivity contribution in [1.82, 2.24) is 5.32 Å². The van der Waals surface area contributed by atoms with Crippen LogP contribution in [-0.2, 0) is 9.53 Å². The van der Waals surface area contributed by atoms with Crippen LogP contribution in [0.3, 0.4) is 0 Å². The van der Waals surface area contributed by atoms with Crippen LogP contribution in [0.5, 0.6) is 0 Å². The fraction of sp³-hybridized carbons (Fsp3) is 0.800. The minimum Gasteiger partial charge on any atom is -0.393 e. The molecule has 0 aromatic heterocycles. The van der Waals surface area contributed by atoms with E-state index in [9.17, 15) is 4.79 Å². The highest BCUT2D eigenvalue weighted by molar-refractivity contribution is 7.80. The highest BCUT2D eigenvalue weighted by Gasteiger charge is 2.21. The molecule has 1 atom stereocenters. The van der Waals surface area contributed by atoms with E-state index in [1.165, 1.54) is 0 Å². The highest BCUT2D eigenvalue weighted by Crippen LogP contribution is 2.18. The first-order chi connectivity index (χ1) is 7.09. The van der Waals surface area contributed by atoms with E-state index in [2.05, 4.69) is 17.5 Å². The van der Waals surface area contributed by atoms with Gasteiger partial charge in [0.25, 0.3) is 0 Å². The van der Waals surface area contributed by atoms with Crippen molar-refractivity contribution in [3.63, 3.8) is 0 Å². The van der Waals surface area contributed by atoms with E-state index in [0.29, 0.717) is 5.92 Å². The van der Waals surface area contributed by atoms with Crippen LogP contribution < -0.4 is 11.1 Å². The third-order valence-electron chi connectivity index (χ3n) is 2.70. The number of carbonyl (C=O) groups excluding carboxylic acids is 1. The van der Waals surface area contributed by atoms with Gasteiger partial charge in [0.2, 0.25) is 5.91 Å². The lowest BCUT2D eigenvalue weighted by atomic mass is 9.93. The molecule has 1 unspecified atom stereocenters. The lowest BCUT2D eigenvalue weighted by Crippen LogP contribution is -2.41. The maximum Gasteiger partial charge on any atom is 0.227 e. The van der Waals surface area contributed by atoms with Gasteiger partial charge in [0.05, 0.1) is 11.4 Å². The molecule has 1 aliphatic rings.